The molecule has 1 atom stereocenters. The molecule has 8 nitrogen and oxygen atoms in total. The monoisotopic (exact) mass is 384 g/mol. The fourth-order valence-electron chi connectivity index (χ4n) is 2.95. The first-order valence-corrected chi connectivity index (χ1v) is 8.69. The molecule has 3 rings (SSSR count). The number of nitrogens with two attached hydrogens (primary N) is 2. The van der Waals surface area contributed by atoms with Gasteiger partial charge in [-0.15, -0.1) is 0 Å². The lowest BCUT2D eigenvalue weighted by atomic mass is 10.1. The van der Waals surface area contributed by atoms with Gasteiger partial charge in [0, 0.05) is 29.8 Å². The second-order valence-electron chi connectivity index (χ2n) is 6.38. The number of anilines is 3. The summed E-state index contributed by atoms with van der Waals surface area (Å²) >= 11 is 0. The number of nitrogens with one attached hydrogen (secondary N) is 2. The van der Waals surface area contributed by atoms with Gasteiger partial charge in [0.2, 0.25) is 5.91 Å². The Morgan fingerprint density at radius 3 is 2.64 bits per heavy atom. The van der Waals surface area contributed by atoms with Crippen LogP contribution in [0.15, 0.2) is 36.5 Å². The smallest absolute Gasteiger partial charge is 0.252 e. The van der Waals surface area contributed by atoms with Gasteiger partial charge in [-0.05, 0) is 30.7 Å². The number of benzene rings is 1. The number of aryl methyl sites for hydroxylation is 1. The molecule has 0 fully saturated rings. The molecule has 0 spiro atoms. The number of amides is 2. The Kier molecular flexibility index (Phi) is 5.16. The number of hydrogen-bond donors (Lipinski definition) is 4. The van der Waals surface area contributed by atoms with E-state index in [9.17, 15) is 14.0 Å². The van der Waals surface area contributed by atoms with E-state index in [0.717, 1.165) is 17.0 Å². The number of carbonyl (C=O) groups is 2. The number of aromatic nitrogens is 2. The van der Waals surface area contributed by atoms with Crippen molar-refractivity contribution < 1.29 is 14.0 Å². The van der Waals surface area contributed by atoms with Crippen LogP contribution in [0, 0.1) is 5.82 Å². The summed E-state index contributed by atoms with van der Waals surface area (Å²) in [6, 6.07) is 7.69. The lowest BCUT2D eigenvalue weighted by molar-refractivity contribution is -0.118. The predicted molar refractivity (Wildman–Crippen MR) is 106 cm³/mol. The summed E-state index contributed by atoms with van der Waals surface area (Å²) in [7, 11) is 1.91. The summed E-state index contributed by atoms with van der Waals surface area (Å²) in [5.74, 6) is -2.39. The molecule has 2 amide bonds. The van der Waals surface area contributed by atoms with E-state index in [-0.39, 0.29) is 17.2 Å². The molecule has 2 aromatic heterocycles. The summed E-state index contributed by atoms with van der Waals surface area (Å²) in [6.07, 6.45) is 2.24. The van der Waals surface area contributed by atoms with Gasteiger partial charge < -0.3 is 26.7 Å². The van der Waals surface area contributed by atoms with Crippen molar-refractivity contribution in [2.24, 2.45) is 18.5 Å². The van der Waals surface area contributed by atoms with Gasteiger partial charge in [0.1, 0.15) is 11.9 Å². The average Bonchev–Trinajstić information content (AvgIpc) is 3.03. The highest BCUT2D eigenvalue weighted by Crippen LogP contribution is 2.29. The Balaban J connectivity index is 2.06. The maximum absolute atomic E-state index is 14.4. The highest BCUT2D eigenvalue weighted by Gasteiger charge is 2.20. The number of primary amides is 2. The van der Waals surface area contributed by atoms with E-state index in [1.807, 2.05) is 42.1 Å². The zero-order valence-electron chi connectivity index (χ0n) is 15.5. The maximum Gasteiger partial charge on any atom is 0.252 e. The molecule has 0 aliphatic rings. The van der Waals surface area contributed by atoms with Gasteiger partial charge in [0.15, 0.2) is 11.6 Å². The lowest BCUT2D eigenvalue weighted by Crippen LogP contribution is -2.35. The number of pyridine rings is 1. The summed E-state index contributed by atoms with van der Waals surface area (Å²) in [6.45, 7) is 1.73. The van der Waals surface area contributed by atoms with Crippen molar-refractivity contribution in [3.8, 4) is 0 Å². The van der Waals surface area contributed by atoms with E-state index in [2.05, 4.69) is 15.6 Å². The van der Waals surface area contributed by atoms with Crippen molar-refractivity contribution in [3.05, 3.63) is 47.9 Å². The highest BCUT2D eigenvalue weighted by molar-refractivity contribution is 6.01. The second-order valence-corrected chi connectivity index (χ2v) is 6.38. The van der Waals surface area contributed by atoms with Gasteiger partial charge in [0.25, 0.3) is 5.91 Å². The second kappa shape index (κ2) is 7.55. The molecule has 146 valence electrons. The largest absolute Gasteiger partial charge is 0.368 e. The van der Waals surface area contributed by atoms with Crippen LogP contribution in [0.1, 0.15) is 23.7 Å². The fourth-order valence-corrected chi connectivity index (χ4v) is 2.95. The molecule has 0 unspecified atom stereocenters. The summed E-state index contributed by atoms with van der Waals surface area (Å²) in [5, 5.41) is 6.62. The maximum atomic E-state index is 14.4. The Morgan fingerprint density at radius 1 is 1.25 bits per heavy atom. The van der Waals surface area contributed by atoms with Crippen LogP contribution in [0.5, 0.6) is 0 Å². The fraction of sp³-hybridized carbons (Fsp3) is 0.211. The first-order valence-electron chi connectivity index (χ1n) is 8.69. The Hall–Kier alpha value is -3.62. The third-order valence-electron chi connectivity index (χ3n) is 4.49. The number of rotatable bonds is 7. The van der Waals surface area contributed by atoms with Crippen LogP contribution in [-0.4, -0.2) is 27.4 Å². The van der Waals surface area contributed by atoms with Crippen molar-refractivity contribution in [1.29, 1.82) is 0 Å². The van der Waals surface area contributed by atoms with Crippen LogP contribution in [0.25, 0.3) is 10.9 Å². The molecule has 0 saturated carbocycles. The molecule has 0 radical (unpaired) electrons. The lowest BCUT2D eigenvalue weighted by Gasteiger charge is -2.17. The van der Waals surface area contributed by atoms with E-state index in [1.54, 1.807) is 6.92 Å². The van der Waals surface area contributed by atoms with E-state index < -0.39 is 23.7 Å². The molecule has 6 N–H and O–H groups in total. The first kappa shape index (κ1) is 19.2. The molecular weight excluding hydrogens is 363 g/mol. The number of nitrogens with zero attached hydrogens (tertiary/aromatic N) is 2. The minimum absolute atomic E-state index is 0.0760. The zero-order valence-corrected chi connectivity index (χ0v) is 15.5. The minimum atomic E-state index is -0.831. The number of halogens is 1. The summed E-state index contributed by atoms with van der Waals surface area (Å²) in [5.41, 5.74) is 12.2. The Labute approximate surface area is 160 Å². The van der Waals surface area contributed by atoms with E-state index in [1.165, 1.54) is 0 Å². The minimum Gasteiger partial charge on any atom is -0.368 e. The van der Waals surface area contributed by atoms with Crippen molar-refractivity contribution in [3.63, 3.8) is 0 Å². The SMILES string of the molecule is CC[C@@H](Nc1nc(Nc2cccc3c2ccn3C)c(C(N)=O)cc1F)C(N)=O. The van der Waals surface area contributed by atoms with Crippen molar-refractivity contribution >= 4 is 40.0 Å². The standard InChI is InChI=1S/C19H21FN6O2/c1-3-13(17(22)28)23-19-12(20)9-11(16(21)27)18(25-19)24-14-5-4-6-15-10(14)7-8-26(15)2/h4-9,13H,3H2,1-2H3,(H2,21,27)(H2,22,28)(H2,23,24,25)/t13-/m1/s1. The van der Waals surface area contributed by atoms with Gasteiger partial charge >= 0.3 is 0 Å². The first-order chi connectivity index (χ1) is 13.3. The number of hydrogen-bond acceptors (Lipinski definition) is 5. The summed E-state index contributed by atoms with van der Waals surface area (Å²) < 4.78 is 16.4. The van der Waals surface area contributed by atoms with Crippen molar-refractivity contribution in [1.82, 2.24) is 9.55 Å². The van der Waals surface area contributed by atoms with Crippen LogP contribution in [-0.2, 0) is 11.8 Å². The molecular formula is C19H21FN6O2. The Morgan fingerprint density at radius 2 is 2.00 bits per heavy atom. The molecule has 2 heterocycles. The zero-order chi connectivity index (χ0) is 20.4. The van der Waals surface area contributed by atoms with Gasteiger partial charge in [0.05, 0.1) is 5.56 Å². The molecule has 3 aromatic rings. The van der Waals surface area contributed by atoms with Crippen molar-refractivity contribution in [2.45, 2.75) is 19.4 Å². The van der Waals surface area contributed by atoms with Crippen LogP contribution in [0.3, 0.4) is 0 Å². The van der Waals surface area contributed by atoms with Crippen LogP contribution >= 0.6 is 0 Å². The molecule has 9 heteroatoms. The quantitative estimate of drug-likeness (QED) is 0.497. The molecule has 0 saturated heterocycles. The third-order valence-corrected chi connectivity index (χ3v) is 4.49. The van der Waals surface area contributed by atoms with Crippen molar-refractivity contribution in [2.75, 3.05) is 10.6 Å². The van der Waals surface area contributed by atoms with E-state index in [0.29, 0.717) is 12.1 Å². The molecule has 0 aliphatic carbocycles. The average molecular weight is 384 g/mol. The number of carbonyl (C=O) groups excluding carboxylic acids is 2. The highest BCUT2D eigenvalue weighted by atomic mass is 19.1. The van der Waals surface area contributed by atoms with Crippen LogP contribution < -0.4 is 22.1 Å². The van der Waals surface area contributed by atoms with Crippen LogP contribution in [0.4, 0.5) is 21.7 Å². The predicted octanol–water partition coefficient (Wildman–Crippen LogP) is 2.23. The van der Waals surface area contributed by atoms with Gasteiger partial charge in [-0.2, -0.15) is 0 Å². The normalized spacial score (nSPS) is 12.0. The topological polar surface area (TPSA) is 128 Å². The Bertz CT molecular complexity index is 1060. The van der Waals surface area contributed by atoms with Gasteiger partial charge in [-0.25, -0.2) is 9.37 Å². The molecule has 0 aliphatic heterocycles. The summed E-state index contributed by atoms with van der Waals surface area (Å²) in [4.78, 5) is 27.4. The van der Waals surface area contributed by atoms with Gasteiger partial charge in [-0.1, -0.05) is 13.0 Å². The third kappa shape index (κ3) is 3.59. The van der Waals surface area contributed by atoms with Gasteiger partial charge in [-0.3, -0.25) is 9.59 Å². The molecule has 0 bridgehead atoms. The molecule has 1 aromatic carbocycles. The molecule has 28 heavy (non-hydrogen) atoms. The van der Waals surface area contributed by atoms with E-state index in [4.69, 9.17) is 11.5 Å². The van der Waals surface area contributed by atoms with Crippen LogP contribution in [0.2, 0.25) is 0 Å². The van der Waals surface area contributed by atoms with E-state index >= 15 is 0 Å². The number of fused-ring (bicyclic) bond motifs is 1.